The summed E-state index contributed by atoms with van der Waals surface area (Å²) in [5.41, 5.74) is 14.2. The molecule has 7 nitrogen and oxygen atoms in total. The van der Waals surface area contributed by atoms with Gasteiger partial charge in [-0.15, -0.1) is 0 Å². The molecule has 1 heterocycles. The number of carbonyl (C=O) groups is 1. The van der Waals surface area contributed by atoms with Crippen LogP contribution in [0.15, 0.2) is 42.5 Å². The Morgan fingerprint density at radius 3 is 2.52 bits per heavy atom. The SMILES string of the molecule is Nc1nc(N)c2cc(CNc3ccc(C(=O)O)cc3)ccc2n1. The Hall–Kier alpha value is -3.35. The van der Waals surface area contributed by atoms with Crippen LogP contribution in [0, 0.1) is 0 Å². The van der Waals surface area contributed by atoms with Crippen LogP contribution in [0.1, 0.15) is 15.9 Å². The summed E-state index contributed by atoms with van der Waals surface area (Å²) in [6.45, 7) is 0.562. The molecule has 0 spiro atoms. The van der Waals surface area contributed by atoms with Crippen molar-refractivity contribution in [2.24, 2.45) is 0 Å². The number of carboxylic acid groups (broad SMARTS) is 1. The van der Waals surface area contributed by atoms with E-state index >= 15 is 0 Å². The molecule has 0 aliphatic carbocycles. The topological polar surface area (TPSA) is 127 Å². The first kappa shape index (κ1) is 14.6. The average Bonchev–Trinajstić information content (AvgIpc) is 2.53. The number of aromatic nitrogens is 2. The number of benzene rings is 2. The van der Waals surface area contributed by atoms with Crippen LogP contribution in [0.5, 0.6) is 0 Å². The zero-order valence-electron chi connectivity index (χ0n) is 12.2. The number of nitrogens with zero attached hydrogens (tertiary/aromatic N) is 2. The molecule has 0 unspecified atom stereocenters. The van der Waals surface area contributed by atoms with E-state index in [9.17, 15) is 4.79 Å². The van der Waals surface area contributed by atoms with E-state index in [1.807, 2.05) is 18.2 Å². The van der Waals surface area contributed by atoms with Gasteiger partial charge in [0.2, 0.25) is 5.95 Å². The summed E-state index contributed by atoms with van der Waals surface area (Å²) in [5.74, 6) is -0.444. The van der Waals surface area contributed by atoms with Crippen molar-refractivity contribution in [1.82, 2.24) is 9.97 Å². The molecule has 23 heavy (non-hydrogen) atoms. The van der Waals surface area contributed by atoms with E-state index in [-0.39, 0.29) is 11.5 Å². The number of nitrogens with one attached hydrogen (secondary N) is 1. The summed E-state index contributed by atoms with van der Waals surface area (Å²) < 4.78 is 0. The van der Waals surface area contributed by atoms with Gasteiger partial charge in [0.05, 0.1) is 11.1 Å². The van der Waals surface area contributed by atoms with Crippen LogP contribution >= 0.6 is 0 Å². The van der Waals surface area contributed by atoms with Gasteiger partial charge in [0.25, 0.3) is 0 Å². The van der Waals surface area contributed by atoms with E-state index < -0.39 is 5.97 Å². The van der Waals surface area contributed by atoms with Crippen molar-refractivity contribution in [2.45, 2.75) is 6.54 Å². The van der Waals surface area contributed by atoms with Gasteiger partial charge in [-0.25, -0.2) is 9.78 Å². The first-order valence-electron chi connectivity index (χ1n) is 6.92. The number of anilines is 3. The lowest BCUT2D eigenvalue weighted by molar-refractivity contribution is 0.0697. The van der Waals surface area contributed by atoms with Crippen LogP contribution in [0.4, 0.5) is 17.5 Å². The molecule has 116 valence electrons. The summed E-state index contributed by atoms with van der Waals surface area (Å²) in [6, 6.07) is 12.2. The van der Waals surface area contributed by atoms with Crippen LogP contribution in [-0.2, 0) is 6.54 Å². The van der Waals surface area contributed by atoms with E-state index in [0.717, 1.165) is 16.6 Å². The Morgan fingerprint density at radius 1 is 1.09 bits per heavy atom. The van der Waals surface area contributed by atoms with Crippen LogP contribution in [0.2, 0.25) is 0 Å². The van der Waals surface area contributed by atoms with Gasteiger partial charge in [0.1, 0.15) is 5.82 Å². The number of nitrogen functional groups attached to an aromatic ring is 2. The number of hydrogen-bond acceptors (Lipinski definition) is 6. The Bertz CT molecular complexity index is 878. The molecule has 0 radical (unpaired) electrons. The normalized spacial score (nSPS) is 10.6. The maximum atomic E-state index is 10.8. The maximum Gasteiger partial charge on any atom is 0.335 e. The van der Waals surface area contributed by atoms with Crippen molar-refractivity contribution in [1.29, 1.82) is 0 Å². The lowest BCUT2D eigenvalue weighted by atomic mass is 10.1. The summed E-state index contributed by atoms with van der Waals surface area (Å²) in [5, 5.41) is 12.8. The highest BCUT2D eigenvalue weighted by atomic mass is 16.4. The Labute approximate surface area is 132 Å². The molecule has 0 bridgehead atoms. The fourth-order valence-electron chi connectivity index (χ4n) is 2.26. The van der Waals surface area contributed by atoms with E-state index in [1.54, 1.807) is 24.3 Å². The number of hydrogen-bond donors (Lipinski definition) is 4. The smallest absolute Gasteiger partial charge is 0.335 e. The van der Waals surface area contributed by atoms with Crippen molar-refractivity contribution < 1.29 is 9.90 Å². The first-order valence-corrected chi connectivity index (χ1v) is 6.92. The average molecular weight is 309 g/mol. The summed E-state index contributed by atoms with van der Waals surface area (Å²) in [6.07, 6.45) is 0. The molecule has 0 saturated carbocycles. The molecule has 1 aromatic heterocycles. The molecule has 3 rings (SSSR count). The molecule has 6 N–H and O–H groups in total. The van der Waals surface area contributed by atoms with Gasteiger partial charge in [-0.1, -0.05) is 6.07 Å². The van der Waals surface area contributed by atoms with E-state index in [0.29, 0.717) is 17.9 Å². The van der Waals surface area contributed by atoms with E-state index in [4.69, 9.17) is 16.6 Å². The zero-order valence-corrected chi connectivity index (χ0v) is 12.2. The van der Waals surface area contributed by atoms with Crippen molar-refractivity contribution in [3.05, 3.63) is 53.6 Å². The second-order valence-electron chi connectivity index (χ2n) is 5.05. The largest absolute Gasteiger partial charge is 0.478 e. The van der Waals surface area contributed by atoms with Gasteiger partial charge >= 0.3 is 5.97 Å². The fourth-order valence-corrected chi connectivity index (χ4v) is 2.26. The van der Waals surface area contributed by atoms with Crippen molar-refractivity contribution in [3.63, 3.8) is 0 Å². The van der Waals surface area contributed by atoms with Crippen LogP contribution in [0.25, 0.3) is 10.9 Å². The highest BCUT2D eigenvalue weighted by Crippen LogP contribution is 2.21. The quantitative estimate of drug-likeness (QED) is 0.581. The van der Waals surface area contributed by atoms with Crippen molar-refractivity contribution >= 4 is 34.3 Å². The molecule has 3 aromatic rings. The Kier molecular flexibility index (Phi) is 3.68. The molecule has 2 aromatic carbocycles. The summed E-state index contributed by atoms with van der Waals surface area (Å²) in [7, 11) is 0. The summed E-state index contributed by atoms with van der Waals surface area (Å²) >= 11 is 0. The first-order chi connectivity index (χ1) is 11.0. The Balaban J connectivity index is 1.78. The molecule has 0 atom stereocenters. The third kappa shape index (κ3) is 3.13. The number of fused-ring (bicyclic) bond motifs is 1. The van der Waals surface area contributed by atoms with Crippen molar-refractivity contribution in [2.75, 3.05) is 16.8 Å². The predicted octanol–water partition coefficient (Wildman–Crippen LogP) is 2.10. The monoisotopic (exact) mass is 309 g/mol. The lowest BCUT2D eigenvalue weighted by Gasteiger charge is -2.09. The molecule has 0 aliphatic rings. The second-order valence-corrected chi connectivity index (χ2v) is 5.05. The van der Waals surface area contributed by atoms with Gasteiger partial charge in [-0.2, -0.15) is 4.98 Å². The third-order valence-corrected chi connectivity index (χ3v) is 3.44. The predicted molar refractivity (Wildman–Crippen MR) is 89.1 cm³/mol. The van der Waals surface area contributed by atoms with Crippen LogP contribution in [-0.4, -0.2) is 21.0 Å². The molecule has 0 fully saturated rings. The minimum absolute atomic E-state index is 0.152. The van der Waals surface area contributed by atoms with Gasteiger partial charge in [-0.05, 0) is 42.0 Å². The third-order valence-electron chi connectivity index (χ3n) is 3.44. The number of nitrogens with two attached hydrogens (primary N) is 2. The minimum atomic E-state index is -0.944. The fraction of sp³-hybridized carbons (Fsp3) is 0.0625. The van der Waals surface area contributed by atoms with Crippen LogP contribution < -0.4 is 16.8 Å². The second kappa shape index (κ2) is 5.80. The van der Waals surface area contributed by atoms with Gasteiger partial charge < -0.3 is 21.9 Å². The maximum absolute atomic E-state index is 10.8. The van der Waals surface area contributed by atoms with E-state index in [2.05, 4.69) is 15.3 Å². The number of aromatic carboxylic acids is 1. The zero-order chi connectivity index (χ0) is 16.4. The standard InChI is InChI=1S/C16H15N5O2/c17-14-12-7-9(1-6-13(12)20-16(18)21-14)8-19-11-4-2-10(3-5-11)15(22)23/h1-7,19H,8H2,(H,22,23)(H4,17,18,20,21). The number of rotatable bonds is 4. The highest BCUT2D eigenvalue weighted by molar-refractivity contribution is 5.89. The molecule has 0 saturated heterocycles. The van der Waals surface area contributed by atoms with Crippen molar-refractivity contribution in [3.8, 4) is 0 Å². The van der Waals surface area contributed by atoms with Gasteiger partial charge in [-0.3, -0.25) is 0 Å². The molecular weight excluding hydrogens is 294 g/mol. The van der Waals surface area contributed by atoms with E-state index in [1.165, 1.54) is 0 Å². The van der Waals surface area contributed by atoms with Gasteiger partial charge in [0, 0.05) is 17.6 Å². The Morgan fingerprint density at radius 2 is 1.83 bits per heavy atom. The van der Waals surface area contributed by atoms with Crippen LogP contribution in [0.3, 0.4) is 0 Å². The number of carboxylic acids is 1. The molecular formula is C16H15N5O2. The molecule has 0 amide bonds. The van der Waals surface area contributed by atoms with Gasteiger partial charge in [0.15, 0.2) is 0 Å². The minimum Gasteiger partial charge on any atom is -0.478 e. The molecule has 7 heteroatoms. The lowest BCUT2D eigenvalue weighted by Crippen LogP contribution is -2.03. The summed E-state index contributed by atoms with van der Waals surface area (Å²) in [4.78, 5) is 18.9. The highest BCUT2D eigenvalue weighted by Gasteiger charge is 2.05. The molecule has 0 aliphatic heterocycles.